The van der Waals surface area contributed by atoms with Crippen LogP contribution in [-0.2, 0) is 6.54 Å². The van der Waals surface area contributed by atoms with Crippen LogP contribution in [0.3, 0.4) is 0 Å². The van der Waals surface area contributed by atoms with Crippen LogP contribution in [0.1, 0.15) is 27.2 Å². The number of aryl methyl sites for hydroxylation is 1. The number of halogens is 1. The molecule has 5 heteroatoms. The number of rotatable bonds is 5. The highest BCUT2D eigenvalue weighted by molar-refractivity contribution is 9.10. The van der Waals surface area contributed by atoms with E-state index in [1.165, 1.54) is 0 Å². The molecule has 0 saturated carbocycles. The molecular weight excluding hydrogens is 392 g/mol. The second-order valence-corrected chi connectivity index (χ2v) is 6.90. The Bertz CT molecular complexity index is 1030. The fraction of sp³-hybridized carbons (Fsp3) is 0.143. The van der Waals surface area contributed by atoms with Gasteiger partial charge in [0.15, 0.2) is 5.76 Å². The molecule has 0 atom stereocenters. The van der Waals surface area contributed by atoms with Crippen molar-refractivity contribution in [3.8, 4) is 6.07 Å². The quantitative estimate of drug-likeness (QED) is 0.544. The summed E-state index contributed by atoms with van der Waals surface area (Å²) in [6.07, 6.45) is 1.68. The molecule has 3 aromatic rings. The second-order valence-electron chi connectivity index (χ2n) is 5.98. The Morgan fingerprint density at radius 2 is 2.15 bits per heavy atom. The summed E-state index contributed by atoms with van der Waals surface area (Å²) in [4.78, 5) is 14.7. The number of fused-ring (bicyclic) bond motifs is 1. The van der Waals surface area contributed by atoms with E-state index in [9.17, 15) is 4.79 Å². The molecule has 130 valence electrons. The number of carbonyl (C=O) groups excluding carboxylic acids is 1. The molecule has 2 aromatic carbocycles. The lowest BCUT2D eigenvalue weighted by molar-refractivity contribution is 0.0732. The Morgan fingerprint density at radius 1 is 1.35 bits per heavy atom. The van der Waals surface area contributed by atoms with Gasteiger partial charge >= 0.3 is 0 Å². The number of nitrogens with zero attached hydrogens (tertiary/aromatic N) is 2. The van der Waals surface area contributed by atoms with Crippen molar-refractivity contribution in [1.82, 2.24) is 4.90 Å². The Balaban J connectivity index is 1.95. The summed E-state index contributed by atoms with van der Waals surface area (Å²) in [6.45, 7) is 6.39. The monoisotopic (exact) mass is 408 g/mol. The number of carbonyl (C=O) groups is 1. The molecule has 1 aromatic heterocycles. The molecule has 0 radical (unpaired) electrons. The number of amides is 1. The first kappa shape index (κ1) is 18.0. The number of nitriles is 1. The smallest absolute Gasteiger partial charge is 0.290 e. The van der Waals surface area contributed by atoms with E-state index in [0.717, 1.165) is 21.0 Å². The Kier molecular flexibility index (Phi) is 5.24. The maximum atomic E-state index is 13.1. The lowest BCUT2D eigenvalue weighted by atomic mass is 10.1. The van der Waals surface area contributed by atoms with Crippen LogP contribution in [0.25, 0.3) is 11.0 Å². The van der Waals surface area contributed by atoms with Crippen molar-refractivity contribution >= 4 is 32.8 Å². The summed E-state index contributed by atoms with van der Waals surface area (Å²) >= 11 is 3.45. The summed E-state index contributed by atoms with van der Waals surface area (Å²) in [7, 11) is 0. The standard InChI is InChI=1S/C21H17BrN2O2/c1-3-9-24(13-16-6-4-5-15(10-16)12-23)21(25)20-14(2)18-11-17(22)7-8-19(18)26-20/h3-8,10-11H,1,9,13H2,2H3. The molecular formula is C21H17BrN2O2. The molecule has 3 rings (SSSR count). The largest absolute Gasteiger partial charge is 0.451 e. The third kappa shape index (κ3) is 3.56. The first-order chi connectivity index (χ1) is 12.5. The van der Waals surface area contributed by atoms with E-state index < -0.39 is 0 Å². The van der Waals surface area contributed by atoms with E-state index in [1.54, 1.807) is 23.1 Å². The number of hydrogen-bond acceptors (Lipinski definition) is 3. The van der Waals surface area contributed by atoms with Gasteiger partial charge < -0.3 is 9.32 Å². The Morgan fingerprint density at radius 3 is 2.88 bits per heavy atom. The van der Waals surface area contributed by atoms with Crippen LogP contribution in [0.2, 0.25) is 0 Å². The molecule has 4 nitrogen and oxygen atoms in total. The average molecular weight is 409 g/mol. The van der Waals surface area contributed by atoms with Gasteiger partial charge in [-0.05, 0) is 42.8 Å². The Labute approximate surface area is 160 Å². The van der Waals surface area contributed by atoms with Gasteiger partial charge in [0.2, 0.25) is 0 Å². The molecule has 0 aliphatic heterocycles. The maximum absolute atomic E-state index is 13.1. The van der Waals surface area contributed by atoms with E-state index in [0.29, 0.717) is 30.0 Å². The van der Waals surface area contributed by atoms with Crippen molar-refractivity contribution < 1.29 is 9.21 Å². The topological polar surface area (TPSA) is 57.2 Å². The fourth-order valence-electron chi connectivity index (χ4n) is 2.88. The average Bonchev–Trinajstić information content (AvgIpc) is 2.97. The minimum atomic E-state index is -0.197. The molecule has 0 N–H and O–H groups in total. The van der Waals surface area contributed by atoms with Gasteiger partial charge in [0, 0.05) is 28.5 Å². The van der Waals surface area contributed by atoms with Gasteiger partial charge in [-0.3, -0.25) is 4.79 Å². The zero-order valence-electron chi connectivity index (χ0n) is 14.3. The molecule has 0 spiro atoms. The molecule has 0 aliphatic rings. The van der Waals surface area contributed by atoms with Crippen molar-refractivity contribution in [2.24, 2.45) is 0 Å². The zero-order chi connectivity index (χ0) is 18.7. The van der Waals surface area contributed by atoms with Crippen LogP contribution in [0, 0.1) is 18.3 Å². The van der Waals surface area contributed by atoms with Crippen LogP contribution in [0.4, 0.5) is 0 Å². The zero-order valence-corrected chi connectivity index (χ0v) is 15.9. The van der Waals surface area contributed by atoms with Gasteiger partial charge in [0.05, 0.1) is 11.6 Å². The molecule has 1 amide bonds. The maximum Gasteiger partial charge on any atom is 0.290 e. The molecule has 0 fully saturated rings. The first-order valence-corrected chi connectivity index (χ1v) is 8.90. The van der Waals surface area contributed by atoms with Gasteiger partial charge in [0.25, 0.3) is 5.91 Å². The minimum absolute atomic E-state index is 0.197. The molecule has 0 bridgehead atoms. The predicted octanol–water partition coefficient (Wildman–Crippen LogP) is 5.20. The summed E-state index contributed by atoms with van der Waals surface area (Å²) in [6, 6.07) is 15.0. The summed E-state index contributed by atoms with van der Waals surface area (Å²) in [5, 5.41) is 9.97. The van der Waals surface area contributed by atoms with Crippen molar-refractivity contribution in [3.63, 3.8) is 0 Å². The molecule has 0 aliphatic carbocycles. The third-order valence-electron chi connectivity index (χ3n) is 4.16. The van der Waals surface area contributed by atoms with Crippen molar-refractivity contribution in [2.45, 2.75) is 13.5 Å². The van der Waals surface area contributed by atoms with E-state index in [2.05, 4.69) is 28.6 Å². The SMILES string of the molecule is C=CCN(Cc1cccc(C#N)c1)C(=O)c1oc2ccc(Br)cc2c1C. The fourth-order valence-corrected chi connectivity index (χ4v) is 3.24. The van der Waals surface area contributed by atoms with Gasteiger partial charge in [-0.15, -0.1) is 6.58 Å². The molecule has 0 saturated heterocycles. The molecule has 0 unspecified atom stereocenters. The summed E-state index contributed by atoms with van der Waals surface area (Å²) in [5.74, 6) is 0.133. The van der Waals surface area contributed by atoms with E-state index in [1.807, 2.05) is 37.3 Å². The normalized spacial score (nSPS) is 10.5. The van der Waals surface area contributed by atoms with Crippen molar-refractivity contribution in [1.29, 1.82) is 5.26 Å². The predicted molar refractivity (Wildman–Crippen MR) is 105 cm³/mol. The second kappa shape index (κ2) is 7.59. The minimum Gasteiger partial charge on any atom is -0.451 e. The van der Waals surface area contributed by atoms with E-state index in [-0.39, 0.29) is 5.91 Å². The summed E-state index contributed by atoms with van der Waals surface area (Å²) in [5.41, 5.74) is 2.94. The van der Waals surface area contributed by atoms with Crippen LogP contribution < -0.4 is 0 Å². The van der Waals surface area contributed by atoms with Gasteiger partial charge in [-0.1, -0.05) is 34.1 Å². The van der Waals surface area contributed by atoms with Gasteiger partial charge in [0.1, 0.15) is 5.58 Å². The van der Waals surface area contributed by atoms with Crippen LogP contribution in [0.5, 0.6) is 0 Å². The van der Waals surface area contributed by atoms with Crippen LogP contribution >= 0.6 is 15.9 Å². The van der Waals surface area contributed by atoms with Gasteiger partial charge in [-0.25, -0.2) is 0 Å². The highest BCUT2D eigenvalue weighted by atomic mass is 79.9. The number of hydrogen-bond donors (Lipinski definition) is 0. The van der Waals surface area contributed by atoms with E-state index >= 15 is 0 Å². The van der Waals surface area contributed by atoms with Gasteiger partial charge in [-0.2, -0.15) is 5.26 Å². The number of furan rings is 1. The lowest BCUT2D eigenvalue weighted by Crippen LogP contribution is -2.30. The Hall–Kier alpha value is -2.84. The highest BCUT2D eigenvalue weighted by Gasteiger charge is 2.23. The first-order valence-electron chi connectivity index (χ1n) is 8.11. The van der Waals surface area contributed by atoms with Crippen molar-refractivity contribution in [2.75, 3.05) is 6.54 Å². The van der Waals surface area contributed by atoms with Crippen molar-refractivity contribution in [3.05, 3.63) is 82.0 Å². The molecule has 1 heterocycles. The third-order valence-corrected chi connectivity index (χ3v) is 4.65. The lowest BCUT2D eigenvalue weighted by Gasteiger charge is -2.20. The number of benzene rings is 2. The van der Waals surface area contributed by atoms with Crippen LogP contribution in [0.15, 0.2) is 64.0 Å². The van der Waals surface area contributed by atoms with Crippen LogP contribution in [-0.4, -0.2) is 17.4 Å². The summed E-state index contributed by atoms with van der Waals surface area (Å²) < 4.78 is 6.76. The highest BCUT2D eigenvalue weighted by Crippen LogP contribution is 2.29. The molecule has 26 heavy (non-hydrogen) atoms. The van der Waals surface area contributed by atoms with E-state index in [4.69, 9.17) is 9.68 Å².